The third-order valence-corrected chi connectivity index (χ3v) is 4.24. The van der Waals surface area contributed by atoms with E-state index in [1.807, 2.05) is 56.3 Å². The molecule has 0 saturated heterocycles. The van der Waals surface area contributed by atoms with Crippen molar-refractivity contribution in [1.29, 1.82) is 0 Å². The van der Waals surface area contributed by atoms with Crippen molar-refractivity contribution in [2.45, 2.75) is 32.9 Å². The van der Waals surface area contributed by atoms with Crippen LogP contribution in [0.25, 0.3) is 10.8 Å². The van der Waals surface area contributed by atoms with Gasteiger partial charge in [-0.2, -0.15) is 0 Å². The summed E-state index contributed by atoms with van der Waals surface area (Å²) >= 11 is 0. The second-order valence-corrected chi connectivity index (χ2v) is 6.23. The highest BCUT2D eigenvalue weighted by atomic mass is 16.5. The lowest BCUT2D eigenvalue weighted by Gasteiger charge is -2.17. The van der Waals surface area contributed by atoms with Crippen molar-refractivity contribution in [3.8, 4) is 5.75 Å². The van der Waals surface area contributed by atoms with E-state index in [9.17, 15) is 4.79 Å². The maximum Gasteiger partial charge on any atom is 0.261 e. The van der Waals surface area contributed by atoms with Gasteiger partial charge in [-0.3, -0.25) is 4.79 Å². The smallest absolute Gasteiger partial charge is 0.261 e. The van der Waals surface area contributed by atoms with Gasteiger partial charge in [0.25, 0.3) is 5.91 Å². The molecule has 0 heterocycles. The molecule has 25 heavy (non-hydrogen) atoms. The van der Waals surface area contributed by atoms with Gasteiger partial charge < -0.3 is 10.1 Å². The first-order valence-corrected chi connectivity index (χ1v) is 8.64. The highest BCUT2D eigenvalue weighted by Gasteiger charge is 2.18. The molecule has 3 heteroatoms. The molecule has 0 saturated carbocycles. The molecule has 128 valence electrons. The number of fused-ring (bicyclic) bond motifs is 1. The van der Waals surface area contributed by atoms with Crippen LogP contribution in [0.2, 0.25) is 0 Å². The van der Waals surface area contributed by atoms with Crippen LogP contribution >= 0.6 is 0 Å². The molecule has 0 aliphatic rings. The average Bonchev–Trinajstić information content (AvgIpc) is 2.65. The van der Waals surface area contributed by atoms with Gasteiger partial charge in [-0.25, -0.2) is 0 Å². The summed E-state index contributed by atoms with van der Waals surface area (Å²) < 4.78 is 5.83. The first-order chi connectivity index (χ1) is 12.2. The van der Waals surface area contributed by atoms with Gasteiger partial charge in [-0.05, 0) is 47.9 Å². The van der Waals surface area contributed by atoms with Crippen LogP contribution in [0.5, 0.6) is 5.75 Å². The summed E-state index contributed by atoms with van der Waals surface area (Å²) in [5.74, 6) is 0.634. The van der Waals surface area contributed by atoms with Crippen LogP contribution in [0.3, 0.4) is 0 Å². The van der Waals surface area contributed by atoms with Crippen molar-refractivity contribution in [3.05, 3.63) is 77.9 Å². The fourth-order valence-electron chi connectivity index (χ4n) is 2.76. The Kier molecular flexibility index (Phi) is 5.34. The molecule has 0 radical (unpaired) electrons. The standard InChI is InChI=1S/C22H23NO2/c1-3-21(25-20-12-8-16(2)9-13-20)22(24)23-15-17-10-11-18-6-4-5-7-19(18)14-17/h4-14,21H,3,15H2,1-2H3,(H,23,24)/t21-/m1/s1. The Bertz CT molecular complexity index is 855. The average molecular weight is 333 g/mol. The van der Waals surface area contributed by atoms with Crippen molar-refractivity contribution in [2.75, 3.05) is 0 Å². The monoisotopic (exact) mass is 333 g/mol. The molecule has 0 unspecified atom stereocenters. The fourth-order valence-corrected chi connectivity index (χ4v) is 2.76. The Morgan fingerprint density at radius 1 is 1.00 bits per heavy atom. The van der Waals surface area contributed by atoms with Crippen LogP contribution in [-0.2, 0) is 11.3 Å². The predicted molar refractivity (Wildman–Crippen MR) is 102 cm³/mol. The summed E-state index contributed by atoms with van der Waals surface area (Å²) in [7, 11) is 0. The van der Waals surface area contributed by atoms with Gasteiger partial charge in [0.05, 0.1) is 0 Å². The zero-order chi connectivity index (χ0) is 17.6. The molecule has 3 nitrogen and oxygen atoms in total. The predicted octanol–water partition coefficient (Wildman–Crippen LogP) is 4.62. The lowest BCUT2D eigenvalue weighted by atomic mass is 10.1. The number of carbonyl (C=O) groups is 1. The van der Waals surface area contributed by atoms with E-state index in [2.05, 4.69) is 29.6 Å². The van der Waals surface area contributed by atoms with E-state index in [0.717, 1.165) is 11.3 Å². The number of hydrogen-bond acceptors (Lipinski definition) is 2. The summed E-state index contributed by atoms with van der Waals surface area (Å²) in [5, 5.41) is 5.36. The van der Waals surface area contributed by atoms with E-state index in [1.54, 1.807) is 0 Å². The van der Waals surface area contributed by atoms with Crippen LogP contribution < -0.4 is 10.1 Å². The summed E-state index contributed by atoms with van der Waals surface area (Å²) in [6, 6.07) is 22.2. The quantitative estimate of drug-likeness (QED) is 0.715. The molecular weight excluding hydrogens is 310 g/mol. The van der Waals surface area contributed by atoms with Gasteiger partial charge in [-0.15, -0.1) is 0 Å². The summed E-state index contributed by atoms with van der Waals surface area (Å²) in [6.45, 7) is 4.48. The third kappa shape index (κ3) is 4.38. The minimum atomic E-state index is -0.483. The van der Waals surface area contributed by atoms with E-state index >= 15 is 0 Å². The Balaban J connectivity index is 1.62. The van der Waals surface area contributed by atoms with E-state index in [1.165, 1.54) is 16.3 Å². The first kappa shape index (κ1) is 17.0. The minimum Gasteiger partial charge on any atom is -0.481 e. The molecule has 0 aliphatic carbocycles. The number of aryl methyl sites for hydroxylation is 1. The Labute approximate surface area is 148 Å². The van der Waals surface area contributed by atoms with Gasteiger partial charge in [-0.1, -0.05) is 61.0 Å². The molecule has 0 bridgehead atoms. The van der Waals surface area contributed by atoms with Crippen LogP contribution in [0, 0.1) is 6.92 Å². The van der Waals surface area contributed by atoms with Crippen LogP contribution in [-0.4, -0.2) is 12.0 Å². The van der Waals surface area contributed by atoms with E-state index in [0.29, 0.717) is 13.0 Å². The van der Waals surface area contributed by atoms with Crippen molar-refractivity contribution in [3.63, 3.8) is 0 Å². The number of ether oxygens (including phenoxy) is 1. The fraction of sp³-hybridized carbons (Fsp3) is 0.227. The maximum atomic E-state index is 12.4. The highest BCUT2D eigenvalue weighted by Crippen LogP contribution is 2.17. The second kappa shape index (κ2) is 7.84. The van der Waals surface area contributed by atoms with Crippen LogP contribution in [0.1, 0.15) is 24.5 Å². The normalized spacial score (nSPS) is 11.9. The number of benzene rings is 3. The SMILES string of the molecule is CC[C@@H](Oc1ccc(C)cc1)C(=O)NCc1ccc2ccccc2c1. The van der Waals surface area contributed by atoms with Gasteiger partial charge in [0, 0.05) is 6.54 Å². The number of nitrogens with one attached hydrogen (secondary N) is 1. The van der Waals surface area contributed by atoms with Gasteiger partial charge in [0.1, 0.15) is 5.75 Å². The largest absolute Gasteiger partial charge is 0.481 e. The molecule has 3 rings (SSSR count). The van der Waals surface area contributed by atoms with Crippen molar-refractivity contribution >= 4 is 16.7 Å². The highest BCUT2D eigenvalue weighted by molar-refractivity contribution is 5.83. The molecule has 1 atom stereocenters. The molecule has 3 aromatic carbocycles. The molecule has 0 fully saturated rings. The topological polar surface area (TPSA) is 38.3 Å². The van der Waals surface area contributed by atoms with Crippen molar-refractivity contribution in [1.82, 2.24) is 5.32 Å². The Hall–Kier alpha value is -2.81. The minimum absolute atomic E-state index is 0.0868. The molecular formula is C22H23NO2. The summed E-state index contributed by atoms with van der Waals surface area (Å²) in [4.78, 5) is 12.4. The molecule has 1 amide bonds. The molecule has 3 aromatic rings. The first-order valence-electron chi connectivity index (χ1n) is 8.64. The molecule has 1 N–H and O–H groups in total. The van der Waals surface area contributed by atoms with E-state index in [-0.39, 0.29) is 5.91 Å². The number of rotatable bonds is 6. The third-order valence-electron chi connectivity index (χ3n) is 4.24. The van der Waals surface area contributed by atoms with E-state index in [4.69, 9.17) is 4.74 Å². The van der Waals surface area contributed by atoms with Crippen LogP contribution in [0.15, 0.2) is 66.7 Å². The number of carbonyl (C=O) groups excluding carboxylic acids is 1. The van der Waals surface area contributed by atoms with Gasteiger partial charge >= 0.3 is 0 Å². The zero-order valence-electron chi connectivity index (χ0n) is 14.7. The summed E-state index contributed by atoms with van der Waals surface area (Å²) in [6.07, 6.45) is 0.139. The Morgan fingerprint density at radius 2 is 1.72 bits per heavy atom. The number of amides is 1. The second-order valence-electron chi connectivity index (χ2n) is 6.23. The maximum absolute atomic E-state index is 12.4. The lowest BCUT2D eigenvalue weighted by Crippen LogP contribution is -2.37. The molecule has 0 aromatic heterocycles. The van der Waals surface area contributed by atoms with Gasteiger partial charge in [0.2, 0.25) is 0 Å². The van der Waals surface area contributed by atoms with Crippen molar-refractivity contribution < 1.29 is 9.53 Å². The van der Waals surface area contributed by atoms with E-state index < -0.39 is 6.10 Å². The van der Waals surface area contributed by atoms with Crippen molar-refractivity contribution in [2.24, 2.45) is 0 Å². The zero-order valence-corrected chi connectivity index (χ0v) is 14.7. The van der Waals surface area contributed by atoms with Crippen LogP contribution in [0.4, 0.5) is 0 Å². The molecule has 0 aliphatic heterocycles. The Morgan fingerprint density at radius 3 is 2.44 bits per heavy atom. The molecule has 0 spiro atoms. The number of hydrogen-bond donors (Lipinski definition) is 1. The lowest BCUT2D eigenvalue weighted by molar-refractivity contribution is -0.128. The van der Waals surface area contributed by atoms with Gasteiger partial charge in [0.15, 0.2) is 6.10 Å². The summed E-state index contributed by atoms with van der Waals surface area (Å²) in [5.41, 5.74) is 2.25.